The van der Waals surface area contributed by atoms with Crippen molar-refractivity contribution in [1.82, 2.24) is 9.88 Å². The van der Waals surface area contributed by atoms with Crippen molar-refractivity contribution in [3.63, 3.8) is 0 Å². The zero-order valence-corrected chi connectivity index (χ0v) is 12.2. The van der Waals surface area contributed by atoms with Crippen LogP contribution in [0.5, 0.6) is 0 Å². The number of pyridine rings is 1. The van der Waals surface area contributed by atoms with Crippen molar-refractivity contribution >= 4 is 34.6 Å². The van der Waals surface area contributed by atoms with E-state index in [1.807, 2.05) is 11.0 Å². The molecule has 0 spiro atoms. The number of carbonyl (C=O) groups excluding carboxylic acids is 1. The number of aromatic nitrogens is 1. The van der Waals surface area contributed by atoms with E-state index in [0.29, 0.717) is 16.9 Å². The summed E-state index contributed by atoms with van der Waals surface area (Å²) >= 11 is 7.26. The predicted molar refractivity (Wildman–Crippen MR) is 79.7 cm³/mol. The first-order valence-corrected chi connectivity index (χ1v) is 7.22. The molecule has 20 heavy (non-hydrogen) atoms. The van der Waals surface area contributed by atoms with E-state index in [9.17, 15) is 4.79 Å². The molecular formula is C13H12ClN3O2S. The van der Waals surface area contributed by atoms with Crippen LogP contribution in [0.4, 0.5) is 4.79 Å². The molecule has 2 heterocycles. The third-order valence-electron chi connectivity index (χ3n) is 2.49. The standard InChI is InChI=1S/C13H12ClN3O2S/c1-2-6-19-13(18)16-12-17(5-7-20-12)9-10-3-4-11(14)15-8-10/h1,3-4,8H,5-7,9H2/b16-12+. The molecule has 0 unspecified atom stereocenters. The Morgan fingerprint density at radius 3 is 3.20 bits per heavy atom. The Balaban J connectivity index is 2.00. The van der Waals surface area contributed by atoms with Crippen molar-refractivity contribution in [3.8, 4) is 12.3 Å². The fourth-order valence-electron chi connectivity index (χ4n) is 1.62. The Hall–Kier alpha value is -1.71. The Labute approximate surface area is 126 Å². The van der Waals surface area contributed by atoms with Crippen molar-refractivity contribution in [1.29, 1.82) is 0 Å². The van der Waals surface area contributed by atoms with Gasteiger partial charge in [0.25, 0.3) is 0 Å². The molecule has 1 amide bonds. The molecular weight excluding hydrogens is 298 g/mol. The number of amides is 1. The number of carbonyl (C=O) groups is 1. The maximum absolute atomic E-state index is 11.4. The highest BCUT2D eigenvalue weighted by Crippen LogP contribution is 2.21. The van der Waals surface area contributed by atoms with Gasteiger partial charge in [-0.3, -0.25) is 0 Å². The molecule has 1 aliphatic heterocycles. The second kappa shape index (κ2) is 7.17. The van der Waals surface area contributed by atoms with Gasteiger partial charge in [0.1, 0.15) is 5.15 Å². The highest BCUT2D eigenvalue weighted by atomic mass is 35.5. The molecule has 0 aromatic carbocycles. The van der Waals surface area contributed by atoms with Crippen LogP contribution in [0.2, 0.25) is 5.15 Å². The molecule has 104 valence electrons. The number of ether oxygens (including phenoxy) is 1. The van der Waals surface area contributed by atoms with E-state index in [-0.39, 0.29) is 6.61 Å². The van der Waals surface area contributed by atoms with Crippen LogP contribution in [0.15, 0.2) is 23.3 Å². The monoisotopic (exact) mass is 309 g/mol. The van der Waals surface area contributed by atoms with Gasteiger partial charge in [0, 0.05) is 25.0 Å². The van der Waals surface area contributed by atoms with Crippen LogP contribution in [-0.4, -0.2) is 40.0 Å². The summed E-state index contributed by atoms with van der Waals surface area (Å²) < 4.78 is 4.74. The Morgan fingerprint density at radius 2 is 2.50 bits per heavy atom. The van der Waals surface area contributed by atoms with E-state index in [0.717, 1.165) is 17.9 Å². The maximum Gasteiger partial charge on any atom is 0.436 e. The molecule has 2 rings (SSSR count). The van der Waals surface area contributed by atoms with Gasteiger partial charge >= 0.3 is 6.09 Å². The quantitative estimate of drug-likeness (QED) is 0.634. The second-order valence-corrected chi connectivity index (χ2v) is 5.36. The van der Waals surface area contributed by atoms with Crippen LogP contribution < -0.4 is 0 Å². The molecule has 0 N–H and O–H groups in total. The second-order valence-electron chi connectivity index (χ2n) is 3.91. The topological polar surface area (TPSA) is 54.8 Å². The van der Waals surface area contributed by atoms with Crippen LogP contribution in [0.25, 0.3) is 0 Å². The molecule has 0 bridgehead atoms. The lowest BCUT2D eigenvalue weighted by molar-refractivity contribution is 0.171. The zero-order chi connectivity index (χ0) is 14.4. The van der Waals surface area contributed by atoms with Gasteiger partial charge < -0.3 is 9.64 Å². The number of halogens is 1. The third-order valence-corrected chi connectivity index (χ3v) is 3.71. The van der Waals surface area contributed by atoms with Crippen LogP contribution in [-0.2, 0) is 11.3 Å². The van der Waals surface area contributed by atoms with Crippen LogP contribution in [0.1, 0.15) is 5.56 Å². The van der Waals surface area contributed by atoms with Crippen molar-refractivity contribution in [2.24, 2.45) is 4.99 Å². The van der Waals surface area contributed by atoms with E-state index >= 15 is 0 Å². The van der Waals surface area contributed by atoms with Crippen molar-refractivity contribution in [2.45, 2.75) is 6.54 Å². The van der Waals surface area contributed by atoms with Crippen LogP contribution in [0, 0.1) is 12.3 Å². The smallest absolute Gasteiger partial charge is 0.435 e. The SMILES string of the molecule is C#CCOC(=O)/N=C1/SCCN1Cc1ccc(Cl)nc1. The lowest BCUT2D eigenvalue weighted by Gasteiger charge is -2.17. The number of amidine groups is 1. The van der Waals surface area contributed by atoms with Crippen molar-refractivity contribution < 1.29 is 9.53 Å². The number of thioether (sulfide) groups is 1. The van der Waals surface area contributed by atoms with Crippen LogP contribution >= 0.6 is 23.4 Å². The highest BCUT2D eigenvalue weighted by molar-refractivity contribution is 8.14. The Bertz CT molecular complexity index is 554. The highest BCUT2D eigenvalue weighted by Gasteiger charge is 2.21. The number of terminal acetylenes is 1. The summed E-state index contributed by atoms with van der Waals surface area (Å²) in [4.78, 5) is 21.4. The van der Waals surface area contributed by atoms with Gasteiger partial charge in [0.05, 0.1) is 0 Å². The largest absolute Gasteiger partial charge is 0.436 e. The summed E-state index contributed by atoms with van der Waals surface area (Å²) in [6.07, 6.45) is 6.06. The molecule has 7 heteroatoms. The van der Waals surface area contributed by atoms with E-state index in [1.165, 1.54) is 11.8 Å². The lowest BCUT2D eigenvalue weighted by Crippen LogP contribution is -2.24. The molecule has 1 saturated heterocycles. The van der Waals surface area contributed by atoms with E-state index in [2.05, 4.69) is 15.9 Å². The summed E-state index contributed by atoms with van der Waals surface area (Å²) in [6.45, 7) is 1.37. The number of aliphatic imine (C=N–C) groups is 1. The summed E-state index contributed by atoms with van der Waals surface area (Å²) in [5.74, 6) is 3.10. The number of hydrogen-bond acceptors (Lipinski definition) is 4. The van der Waals surface area contributed by atoms with E-state index in [4.69, 9.17) is 22.8 Å². The molecule has 0 atom stereocenters. The van der Waals surface area contributed by atoms with Gasteiger partial charge in [0.15, 0.2) is 11.8 Å². The van der Waals surface area contributed by atoms with Gasteiger partial charge in [0.2, 0.25) is 0 Å². The molecule has 0 radical (unpaired) electrons. The third kappa shape index (κ3) is 4.15. The molecule has 5 nitrogen and oxygen atoms in total. The van der Waals surface area contributed by atoms with Gasteiger partial charge in [-0.2, -0.15) is 4.99 Å². The predicted octanol–water partition coefficient (Wildman–Crippen LogP) is 2.41. The average Bonchev–Trinajstić information content (AvgIpc) is 2.86. The summed E-state index contributed by atoms with van der Waals surface area (Å²) in [5, 5.41) is 1.10. The molecule has 1 aliphatic rings. The minimum Gasteiger partial charge on any atom is -0.435 e. The summed E-state index contributed by atoms with van der Waals surface area (Å²) in [6, 6.07) is 3.63. The lowest BCUT2D eigenvalue weighted by atomic mass is 10.3. The summed E-state index contributed by atoms with van der Waals surface area (Å²) in [5.41, 5.74) is 1.00. The molecule has 0 aliphatic carbocycles. The van der Waals surface area contributed by atoms with E-state index in [1.54, 1.807) is 12.3 Å². The van der Waals surface area contributed by atoms with Crippen LogP contribution in [0.3, 0.4) is 0 Å². The van der Waals surface area contributed by atoms with Gasteiger partial charge in [-0.15, -0.1) is 6.42 Å². The number of nitrogens with zero attached hydrogens (tertiary/aromatic N) is 3. The first-order valence-electron chi connectivity index (χ1n) is 5.86. The molecule has 1 aromatic heterocycles. The average molecular weight is 310 g/mol. The molecule has 1 aromatic rings. The molecule has 1 fully saturated rings. The Morgan fingerprint density at radius 1 is 1.65 bits per heavy atom. The van der Waals surface area contributed by atoms with Crippen molar-refractivity contribution in [3.05, 3.63) is 29.0 Å². The molecule has 0 saturated carbocycles. The first-order chi connectivity index (χ1) is 9.69. The maximum atomic E-state index is 11.4. The Kier molecular flexibility index (Phi) is 5.27. The summed E-state index contributed by atoms with van der Waals surface area (Å²) in [7, 11) is 0. The number of hydrogen-bond donors (Lipinski definition) is 0. The number of rotatable bonds is 3. The van der Waals surface area contributed by atoms with Gasteiger partial charge in [-0.25, -0.2) is 9.78 Å². The van der Waals surface area contributed by atoms with Gasteiger partial charge in [-0.1, -0.05) is 35.3 Å². The van der Waals surface area contributed by atoms with E-state index < -0.39 is 6.09 Å². The zero-order valence-electron chi connectivity index (χ0n) is 10.6. The fourth-order valence-corrected chi connectivity index (χ4v) is 2.70. The van der Waals surface area contributed by atoms with Gasteiger partial charge in [-0.05, 0) is 11.6 Å². The first kappa shape index (κ1) is 14.7. The van der Waals surface area contributed by atoms with Crippen molar-refractivity contribution in [2.75, 3.05) is 18.9 Å². The minimum atomic E-state index is -0.661. The fraction of sp³-hybridized carbons (Fsp3) is 0.308. The normalized spacial score (nSPS) is 16.2. The minimum absolute atomic E-state index is 0.0681.